The Balaban J connectivity index is 1.48. The van der Waals surface area contributed by atoms with E-state index in [1.165, 1.54) is 32.1 Å². The molecule has 5 nitrogen and oxygen atoms in total. The monoisotopic (exact) mass is 307 g/mol. The van der Waals surface area contributed by atoms with Gasteiger partial charge in [0.05, 0.1) is 11.8 Å². The molecule has 0 bridgehead atoms. The predicted octanol–water partition coefficient (Wildman–Crippen LogP) is 3.42. The first-order chi connectivity index (χ1) is 11.4. The van der Waals surface area contributed by atoms with Crippen molar-refractivity contribution in [3.05, 3.63) is 37.1 Å². The third-order valence-electron chi connectivity index (χ3n) is 5.90. The fraction of sp³-hybridized carbons (Fsp3) is 0.500. The van der Waals surface area contributed by atoms with Crippen molar-refractivity contribution in [3.63, 3.8) is 0 Å². The summed E-state index contributed by atoms with van der Waals surface area (Å²) in [6.45, 7) is 1.08. The van der Waals surface area contributed by atoms with Crippen LogP contribution in [-0.4, -0.2) is 24.1 Å². The predicted molar refractivity (Wildman–Crippen MR) is 87.8 cm³/mol. The minimum absolute atomic E-state index is 0.810. The van der Waals surface area contributed by atoms with Crippen molar-refractivity contribution in [3.8, 4) is 11.4 Å². The minimum atomic E-state index is 0.810. The van der Waals surface area contributed by atoms with Crippen molar-refractivity contribution in [1.82, 2.24) is 24.1 Å². The van der Waals surface area contributed by atoms with Gasteiger partial charge in [-0.25, -0.2) is 14.5 Å². The highest BCUT2D eigenvalue weighted by Crippen LogP contribution is 2.48. The first kappa shape index (κ1) is 13.3. The van der Waals surface area contributed by atoms with E-state index in [2.05, 4.69) is 25.8 Å². The summed E-state index contributed by atoms with van der Waals surface area (Å²) in [6.07, 6.45) is 16.8. The van der Waals surface area contributed by atoms with Gasteiger partial charge in [-0.2, -0.15) is 5.10 Å². The lowest BCUT2D eigenvalue weighted by Crippen LogP contribution is -2.16. The third-order valence-corrected chi connectivity index (χ3v) is 5.90. The van der Waals surface area contributed by atoms with Crippen molar-refractivity contribution in [2.75, 3.05) is 0 Å². The van der Waals surface area contributed by atoms with Crippen LogP contribution >= 0.6 is 0 Å². The molecule has 0 radical (unpaired) electrons. The average Bonchev–Trinajstić information content (AvgIpc) is 3.31. The summed E-state index contributed by atoms with van der Waals surface area (Å²) in [6, 6.07) is 1.90. The van der Waals surface area contributed by atoms with Crippen LogP contribution in [0.25, 0.3) is 17.0 Å². The van der Waals surface area contributed by atoms with E-state index in [1.807, 2.05) is 35.4 Å². The van der Waals surface area contributed by atoms with E-state index in [9.17, 15) is 0 Å². The topological polar surface area (TPSA) is 48.0 Å². The standard InChI is InChI=1S/C18H21N5/c1-3-13-5-6-14(15(13)4-1)12-22-10-8-20-17(22)16-11-21-23-9-2-7-19-18(16)23/h2,7-11,13-15H,1,3-6,12H2/t13-,14+,15-/m1/s1. The number of rotatable bonds is 3. The fourth-order valence-electron chi connectivity index (χ4n) is 4.85. The molecule has 0 amide bonds. The highest BCUT2D eigenvalue weighted by Gasteiger charge is 2.39. The first-order valence-electron chi connectivity index (χ1n) is 8.70. The third kappa shape index (κ3) is 2.10. The Morgan fingerprint density at radius 2 is 2.04 bits per heavy atom. The Bertz CT molecular complexity index is 833. The van der Waals surface area contributed by atoms with Crippen LogP contribution in [0.15, 0.2) is 37.1 Å². The summed E-state index contributed by atoms with van der Waals surface area (Å²) in [5.41, 5.74) is 1.90. The van der Waals surface area contributed by atoms with Crippen molar-refractivity contribution in [1.29, 1.82) is 0 Å². The summed E-state index contributed by atoms with van der Waals surface area (Å²) >= 11 is 0. The van der Waals surface area contributed by atoms with Crippen LogP contribution in [0.2, 0.25) is 0 Å². The van der Waals surface area contributed by atoms with Crippen molar-refractivity contribution < 1.29 is 0 Å². The van der Waals surface area contributed by atoms with Gasteiger partial charge in [0.2, 0.25) is 0 Å². The van der Waals surface area contributed by atoms with Gasteiger partial charge in [0, 0.05) is 31.3 Å². The maximum atomic E-state index is 4.61. The van der Waals surface area contributed by atoms with E-state index >= 15 is 0 Å². The van der Waals surface area contributed by atoms with E-state index in [0.717, 1.165) is 41.3 Å². The van der Waals surface area contributed by atoms with Gasteiger partial charge in [0.1, 0.15) is 5.82 Å². The lowest BCUT2D eigenvalue weighted by molar-refractivity contribution is 0.317. The molecule has 0 aliphatic heterocycles. The van der Waals surface area contributed by atoms with Gasteiger partial charge in [-0.05, 0) is 43.1 Å². The van der Waals surface area contributed by atoms with E-state index in [4.69, 9.17) is 0 Å². The molecule has 5 heteroatoms. The molecule has 5 rings (SSSR count). The largest absolute Gasteiger partial charge is 0.331 e. The van der Waals surface area contributed by atoms with Crippen molar-refractivity contribution in [2.45, 2.75) is 38.6 Å². The summed E-state index contributed by atoms with van der Waals surface area (Å²) in [5, 5.41) is 4.40. The highest BCUT2D eigenvalue weighted by molar-refractivity contribution is 5.72. The molecule has 3 aromatic heterocycles. The molecule has 118 valence electrons. The molecule has 2 fully saturated rings. The molecular weight excluding hydrogens is 286 g/mol. The molecule has 0 saturated heterocycles. The molecule has 2 aliphatic carbocycles. The highest BCUT2D eigenvalue weighted by atomic mass is 15.2. The zero-order chi connectivity index (χ0) is 15.2. The van der Waals surface area contributed by atoms with Crippen LogP contribution in [0.3, 0.4) is 0 Å². The Hall–Kier alpha value is -2.17. The summed E-state index contributed by atoms with van der Waals surface area (Å²) in [7, 11) is 0. The quantitative estimate of drug-likeness (QED) is 0.745. The fourth-order valence-corrected chi connectivity index (χ4v) is 4.85. The zero-order valence-corrected chi connectivity index (χ0v) is 13.2. The Labute approximate surface area is 135 Å². The average molecular weight is 307 g/mol. The summed E-state index contributed by atoms with van der Waals surface area (Å²) in [5.74, 6) is 3.74. The minimum Gasteiger partial charge on any atom is -0.331 e. The Kier molecular flexibility index (Phi) is 2.99. The van der Waals surface area contributed by atoms with E-state index in [-0.39, 0.29) is 0 Å². The van der Waals surface area contributed by atoms with E-state index in [1.54, 1.807) is 0 Å². The van der Waals surface area contributed by atoms with Crippen LogP contribution < -0.4 is 0 Å². The van der Waals surface area contributed by atoms with Crippen LogP contribution in [0, 0.1) is 17.8 Å². The van der Waals surface area contributed by atoms with Gasteiger partial charge in [0.15, 0.2) is 5.65 Å². The molecule has 3 aromatic rings. The molecule has 0 spiro atoms. The number of fused-ring (bicyclic) bond motifs is 2. The second kappa shape index (κ2) is 5.18. The molecule has 0 unspecified atom stereocenters. The number of hydrogen-bond donors (Lipinski definition) is 0. The van der Waals surface area contributed by atoms with Crippen LogP contribution in [0.1, 0.15) is 32.1 Å². The van der Waals surface area contributed by atoms with Crippen LogP contribution in [0.4, 0.5) is 0 Å². The zero-order valence-electron chi connectivity index (χ0n) is 13.2. The van der Waals surface area contributed by atoms with Crippen LogP contribution in [0.5, 0.6) is 0 Å². The normalized spacial score (nSPS) is 26.9. The molecule has 0 aromatic carbocycles. The summed E-state index contributed by atoms with van der Waals surface area (Å²) < 4.78 is 4.13. The number of nitrogens with zero attached hydrogens (tertiary/aromatic N) is 5. The number of imidazole rings is 1. The molecule has 3 heterocycles. The van der Waals surface area contributed by atoms with Gasteiger partial charge >= 0.3 is 0 Å². The van der Waals surface area contributed by atoms with Crippen molar-refractivity contribution in [2.24, 2.45) is 17.8 Å². The van der Waals surface area contributed by atoms with Gasteiger partial charge in [0.25, 0.3) is 0 Å². The van der Waals surface area contributed by atoms with Crippen molar-refractivity contribution >= 4 is 5.65 Å². The molecule has 2 aliphatic rings. The van der Waals surface area contributed by atoms with Gasteiger partial charge in [-0.15, -0.1) is 0 Å². The first-order valence-corrected chi connectivity index (χ1v) is 8.70. The molecule has 3 atom stereocenters. The Morgan fingerprint density at radius 3 is 3.04 bits per heavy atom. The van der Waals surface area contributed by atoms with Crippen LogP contribution in [-0.2, 0) is 6.54 Å². The smallest absolute Gasteiger partial charge is 0.165 e. The van der Waals surface area contributed by atoms with E-state index < -0.39 is 0 Å². The second-order valence-corrected chi connectivity index (χ2v) is 7.04. The second-order valence-electron chi connectivity index (χ2n) is 7.04. The summed E-state index contributed by atoms with van der Waals surface area (Å²) in [4.78, 5) is 9.08. The molecule has 2 saturated carbocycles. The molecule has 0 N–H and O–H groups in total. The van der Waals surface area contributed by atoms with Gasteiger partial charge in [-0.3, -0.25) is 0 Å². The van der Waals surface area contributed by atoms with E-state index in [0.29, 0.717) is 0 Å². The maximum Gasteiger partial charge on any atom is 0.165 e. The number of hydrogen-bond acceptors (Lipinski definition) is 3. The number of aromatic nitrogens is 5. The SMILES string of the molecule is c1cnc2c(-c3nccn3C[C@@H]3CC[C@H]4CCC[C@H]43)cnn2c1. The lowest BCUT2D eigenvalue weighted by atomic mass is 9.92. The van der Waals surface area contributed by atoms with Gasteiger partial charge in [-0.1, -0.05) is 12.8 Å². The lowest BCUT2D eigenvalue weighted by Gasteiger charge is -2.20. The molecule has 23 heavy (non-hydrogen) atoms. The Morgan fingerprint density at radius 1 is 1.04 bits per heavy atom. The molecular formula is C18H21N5. The van der Waals surface area contributed by atoms with Gasteiger partial charge < -0.3 is 4.57 Å². The maximum absolute atomic E-state index is 4.61.